The van der Waals surface area contributed by atoms with Crippen molar-refractivity contribution in [2.75, 3.05) is 0 Å². The van der Waals surface area contributed by atoms with Crippen LogP contribution in [-0.2, 0) is 33.3 Å². The number of carbonyl (C=O) groups excluding carboxylic acids is 3. The SMILES string of the molecule is C=C1C(=O)O[C@@H]2[C@@H]1[C@H](OC(=O)CC(C)C)[C@@]1(O)O[C@H](C[C@@H]1C)C[C@@](C)(O)[C@H]2OC(=O)/C(C)=C/C. The maximum absolute atomic E-state index is 12.7. The fourth-order valence-electron chi connectivity index (χ4n) is 5.07. The van der Waals surface area contributed by atoms with E-state index in [1.165, 1.54) is 6.92 Å². The minimum Gasteiger partial charge on any atom is -0.456 e. The highest BCUT2D eigenvalue weighted by atomic mass is 16.7. The topological polar surface area (TPSA) is 129 Å². The third kappa shape index (κ3) is 4.78. The zero-order valence-electron chi connectivity index (χ0n) is 20.7. The van der Waals surface area contributed by atoms with Crippen LogP contribution in [0.4, 0.5) is 0 Å². The van der Waals surface area contributed by atoms with E-state index >= 15 is 0 Å². The van der Waals surface area contributed by atoms with Crippen LogP contribution in [0.1, 0.15) is 60.8 Å². The monoisotopic (exact) mass is 480 g/mol. The molecule has 8 atom stereocenters. The molecule has 3 fully saturated rings. The Morgan fingerprint density at radius 1 is 1.26 bits per heavy atom. The lowest BCUT2D eigenvalue weighted by molar-refractivity contribution is -0.278. The summed E-state index contributed by atoms with van der Waals surface area (Å²) >= 11 is 0. The van der Waals surface area contributed by atoms with E-state index in [-0.39, 0.29) is 24.3 Å². The van der Waals surface area contributed by atoms with Crippen molar-refractivity contribution >= 4 is 17.9 Å². The van der Waals surface area contributed by atoms with Crippen molar-refractivity contribution < 1.29 is 43.5 Å². The fraction of sp³-hybridized carbons (Fsp3) is 0.720. The van der Waals surface area contributed by atoms with Gasteiger partial charge in [-0.25, -0.2) is 9.59 Å². The lowest BCUT2D eigenvalue weighted by Gasteiger charge is -2.41. The molecule has 0 spiro atoms. The molecular formula is C25H36O9. The van der Waals surface area contributed by atoms with Crippen LogP contribution >= 0.6 is 0 Å². The van der Waals surface area contributed by atoms with Crippen molar-refractivity contribution in [3.05, 3.63) is 23.8 Å². The van der Waals surface area contributed by atoms with Gasteiger partial charge in [-0.15, -0.1) is 0 Å². The molecule has 2 N–H and O–H groups in total. The summed E-state index contributed by atoms with van der Waals surface area (Å²) in [4.78, 5) is 38.1. The molecule has 0 aromatic carbocycles. The van der Waals surface area contributed by atoms with Crippen LogP contribution in [0, 0.1) is 17.8 Å². The van der Waals surface area contributed by atoms with Crippen molar-refractivity contribution in [1.29, 1.82) is 0 Å². The van der Waals surface area contributed by atoms with Crippen LogP contribution in [0.3, 0.4) is 0 Å². The molecule has 3 heterocycles. The highest BCUT2D eigenvalue weighted by Crippen LogP contribution is 2.50. The first-order chi connectivity index (χ1) is 15.7. The number of esters is 3. The highest BCUT2D eigenvalue weighted by Gasteiger charge is 2.65. The van der Waals surface area contributed by atoms with Gasteiger partial charge in [-0.1, -0.05) is 33.4 Å². The van der Waals surface area contributed by atoms with E-state index in [1.807, 2.05) is 13.8 Å². The Morgan fingerprint density at radius 2 is 1.91 bits per heavy atom. The summed E-state index contributed by atoms with van der Waals surface area (Å²) < 4.78 is 23.0. The van der Waals surface area contributed by atoms with E-state index in [1.54, 1.807) is 26.8 Å². The normalized spacial score (nSPS) is 40.2. The van der Waals surface area contributed by atoms with Crippen LogP contribution in [-0.4, -0.2) is 63.9 Å². The van der Waals surface area contributed by atoms with Crippen LogP contribution in [0.5, 0.6) is 0 Å². The Kier molecular flexibility index (Phi) is 7.32. The van der Waals surface area contributed by atoms with E-state index in [0.717, 1.165) is 0 Å². The van der Waals surface area contributed by atoms with Gasteiger partial charge in [-0.2, -0.15) is 0 Å². The molecule has 190 valence electrons. The molecule has 3 rings (SSSR count). The number of rotatable bonds is 5. The minimum absolute atomic E-state index is 0.00755. The molecular weight excluding hydrogens is 444 g/mol. The van der Waals surface area contributed by atoms with E-state index < -0.39 is 65.5 Å². The van der Waals surface area contributed by atoms with Gasteiger partial charge in [-0.3, -0.25) is 4.79 Å². The van der Waals surface area contributed by atoms with Crippen LogP contribution in [0.15, 0.2) is 23.8 Å². The zero-order valence-corrected chi connectivity index (χ0v) is 20.7. The third-order valence-electron chi connectivity index (χ3n) is 7.05. The molecule has 0 unspecified atom stereocenters. The molecule has 34 heavy (non-hydrogen) atoms. The number of aliphatic hydroxyl groups is 2. The largest absolute Gasteiger partial charge is 0.456 e. The number of hydrogen-bond donors (Lipinski definition) is 2. The molecule has 0 aromatic heterocycles. The number of hydrogen-bond acceptors (Lipinski definition) is 9. The van der Waals surface area contributed by atoms with E-state index in [4.69, 9.17) is 18.9 Å². The molecule has 0 aromatic rings. The quantitative estimate of drug-likeness (QED) is 0.346. The van der Waals surface area contributed by atoms with Gasteiger partial charge in [0.2, 0.25) is 5.79 Å². The maximum atomic E-state index is 12.7. The Balaban J connectivity index is 2.13. The van der Waals surface area contributed by atoms with Crippen LogP contribution < -0.4 is 0 Å². The molecule has 3 aliphatic rings. The summed E-state index contributed by atoms with van der Waals surface area (Å²) in [5.41, 5.74) is -1.44. The van der Waals surface area contributed by atoms with Crippen molar-refractivity contribution in [2.24, 2.45) is 17.8 Å². The highest BCUT2D eigenvalue weighted by molar-refractivity contribution is 5.91. The van der Waals surface area contributed by atoms with Crippen molar-refractivity contribution in [3.8, 4) is 0 Å². The summed E-state index contributed by atoms with van der Waals surface area (Å²) in [7, 11) is 0. The van der Waals surface area contributed by atoms with Gasteiger partial charge in [0, 0.05) is 29.9 Å². The first kappa shape index (κ1) is 26.4. The van der Waals surface area contributed by atoms with E-state index in [0.29, 0.717) is 12.0 Å². The Labute approximate surface area is 200 Å². The first-order valence-corrected chi connectivity index (χ1v) is 11.8. The predicted octanol–water partition coefficient (Wildman–Crippen LogP) is 2.19. The van der Waals surface area contributed by atoms with Gasteiger partial charge in [0.05, 0.1) is 12.0 Å². The molecule has 0 aliphatic carbocycles. The van der Waals surface area contributed by atoms with Gasteiger partial charge in [0.15, 0.2) is 18.3 Å². The lowest BCUT2D eigenvalue weighted by Crippen LogP contribution is -2.58. The number of ether oxygens (including phenoxy) is 4. The third-order valence-corrected chi connectivity index (χ3v) is 7.05. The molecule has 0 radical (unpaired) electrons. The van der Waals surface area contributed by atoms with Crippen LogP contribution in [0.25, 0.3) is 0 Å². The van der Waals surface area contributed by atoms with Gasteiger partial charge in [0.1, 0.15) is 5.60 Å². The van der Waals surface area contributed by atoms with E-state index in [9.17, 15) is 24.6 Å². The van der Waals surface area contributed by atoms with Crippen molar-refractivity contribution in [1.82, 2.24) is 0 Å². The minimum atomic E-state index is -1.95. The second-order valence-electron chi connectivity index (χ2n) is 10.4. The van der Waals surface area contributed by atoms with Gasteiger partial charge in [-0.05, 0) is 33.1 Å². The predicted molar refractivity (Wildman–Crippen MR) is 120 cm³/mol. The maximum Gasteiger partial charge on any atom is 0.334 e. The number of allylic oxidation sites excluding steroid dienone is 1. The van der Waals surface area contributed by atoms with E-state index in [2.05, 4.69) is 6.58 Å². The van der Waals surface area contributed by atoms with Gasteiger partial charge in [0.25, 0.3) is 0 Å². The Hall–Kier alpha value is -2.23. The second-order valence-corrected chi connectivity index (χ2v) is 10.4. The summed E-state index contributed by atoms with van der Waals surface area (Å²) in [6.07, 6.45) is -2.55. The number of fused-ring (bicyclic) bond motifs is 3. The number of carbonyl (C=O) groups is 3. The first-order valence-electron chi connectivity index (χ1n) is 11.8. The second kappa shape index (κ2) is 9.43. The Bertz CT molecular complexity index is 889. The molecule has 9 nitrogen and oxygen atoms in total. The summed E-state index contributed by atoms with van der Waals surface area (Å²) in [6, 6.07) is 0. The van der Waals surface area contributed by atoms with Gasteiger partial charge < -0.3 is 29.2 Å². The molecule has 3 saturated heterocycles. The summed E-state index contributed by atoms with van der Waals surface area (Å²) in [5.74, 6) is -5.61. The Morgan fingerprint density at radius 3 is 2.50 bits per heavy atom. The summed E-state index contributed by atoms with van der Waals surface area (Å²) in [5, 5.41) is 23.2. The van der Waals surface area contributed by atoms with Crippen LogP contribution in [0.2, 0.25) is 0 Å². The molecule has 0 amide bonds. The smallest absolute Gasteiger partial charge is 0.334 e. The molecule has 0 saturated carbocycles. The van der Waals surface area contributed by atoms with Crippen molar-refractivity contribution in [3.63, 3.8) is 0 Å². The standard InChI is InChI=1S/C25H36O9/c1-8-13(4)22(27)33-21-19-18(15(6)23(28)32-19)20(31-17(26)9-12(2)3)25(30)14(5)10-16(34-25)11-24(21,7)29/h8,12,14,16,18-21,29-30H,6,9-11H2,1-5,7H3/b13-8+/t14-,16+,18+,19+,20-,21-,24+,25-/m0/s1. The molecule has 3 aliphatic heterocycles. The van der Waals surface area contributed by atoms with Gasteiger partial charge >= 0.3 is 17.9 Å². The molecule has 9 heteroatoms. The average molecular weight is 481 g/mol. The average Bonchev–Trinajstić information content (AvgIpc) is 3.17. The van der Waals surface area contributed by atoms with Crippen molar-refractivity contribution in [2.45, 2.75) is 96.6 Å². The molecule has 2 bridgehead atoms. The zero-order chi connectivity index (χ0) is 25.6. The summed E-state index contributed by atoms with van der Waals surface area (Å²) in [6.45, 7) is 14.0. The lowest BCUT2D eigenvalue weighted by atomic mass is 9.75. The fourth-order valence-corrected chi connectivity index (χ4v) is 5.07.